The van der Waals surface area contributed by atoms with Gasteiger partial charge in [0.05, 0.1) is 0 Å². The van der Waals surface area contributed by atoms with Gasteiger partial charge < -0.3 is 4.90 Å². The number of hydrogen-bond acceptors (Lipinski definition) is 4. The first-order valence-electron chi connectivity index (χ1n) is 9.91. The van der Waals surface area contributed by atoms with Crippen LogP contribution in [0.4, 0.5) is 0 Å². The number of piperazine rings is 1. The number of benzene rings is 1. The van der Waals surface area contributed by atoms with Crippen LogP contribution in [-0.4, -0.2) is 64.9 Å². The minimum atomic E-state index is 0.144. The standard InChI is InChI=1S/C22H30N4O/c1-3-24(4-2)17-19-7-9-21(10-8-19)22(27)26-14-12-25(13-15-26)18-20-6-5-11-23-16-20/h5-11,16H,3-4,12-15,17-18H2,1-2H3. The van der Waals surface area contributed by atoms with Gasteiger partial charge >= 0.3 is 0 Å². The van der Waals surface area contributed by atoms with E-state index in [1.807, 2.05) is 29.3 Å². The maximum Gasteiger partial charge on any atom is 0.253 e. The van der Waals surface area contributed by atoms with Gasteiger partial charge in [-0.2, -0.15) is 0 Å². The molecule has 2 heterocycles. The zero-order chi connectivity index (χ0) is 19.1. The summed E-state index contributed by atoms with van der Waals surface area (Å²) in [4.78, 5) is 23.7. The molecule has 1 fully saturated rings. The van der Waals surface area contributed by atoms with Gasteiger partial charge in [0.15, 0.2) is 0 Å². The highest BCUT2D eigenvalue weighted by Crippen LogP contribution is 2.13. The normalized spacial score (nSPS) is 15.3. The lowest BCUT2D eigenvalue weighted by Gasteiger charge is -2.34. The molecule has 1 aliphatic rings. The number of pyridine rings is 1. The van der Waals surface area contributed by atoms with E-state index < -0.39 is 0 Å². The Morgan fingerprint density at radius 2 is 1.70 bits per heavy atom. The molecule has 5 nitrogen and oxygen atoms in total. The molecule has 0 spiro atoms. The monoisotopic (exact) mass is 366 g/mol. The number of carbonyl (C=O) groups is 1. The molecule has 1 amide bonds. The predicted molar refractivity (Wildman–Crippen MR) is 108 cm³/mol. The molecule has 0 unspecified atom stereocenters. The molecule has 144 valence electrons. The third kappa shape index (κ3) is 5.37. The van der Waals surface area contributed by atoms with E-state index in [4.69, 9.17) is 0 Å². The van der Waals surface area contributed by atoms with Crippen LogP contribution < -0.4 is 0 Å². The molecule has 2 aromatic rings. The number of rotatable bonds is 7. The third-order valence-corrected chi connectivity index (χ3v) is 5.29. The number of amides is 1. The van der Waals surface area contributed by atoms with Crippen molar-refractivity contribution in [3.8, 4) is 0 Å². The Bertz CT molecular complexity index is 705. The van der Waals surface area contributed by atoms with Gasteiger partial charge in [0, 0.05) is 57.2 Å². The summed E-state index contributed by atoms with van der Waals surface area (Å²) in [5.41, 5.74) is 3.27. The summed E-state index contributed by atoms with van der Waals surface area (Å²) in [5, 5.41) is 0. The van der Waals surface area contributed by atoms with Gasteiger partial charge in [-0.25, -0.2) is 0 Å². The number of nitrogens with zero attached hydrogens (tertiary/aromatic N) is 4. The van der Waals surface area contributed by atoms with E-state index in [-0.39, 0.29) is 5.91 Å². The van der Waals surface area contributed by atoms with Crippen molar-refractivity contribution >= 4 is 5.91 Å². The Labute approximate surface area is 162 Å². The van der Waals surface area contributed by atoms with Gasteiger partial charge in [0.25, 0.3) is 5.91 Å². The zero-order valence-corrected chi connectivity index (χ0v) is 16.5. The third-order valence-electron chi connectivity index (χ3n) is 5.29. The van der Waals surface area contributed by atoms with Crippen LogP contribution in [-0.2, 0) is 13.1 Å². The van der Waals surface area contributed by atoms with Crippen molar-refractivity contribution in [3.05, 3.63) is 65.5 Å². The highest BCUT2D eigenvalue weighted by Gasteiger charge is 2.22. The van der Waals surface area contributed by atoms with E-state index in [2.05, 4.69) is 46.8 Å². The quantitative estimate of drug-likeness (QED) is 0.755. The SMILES string of the molecule is CCN(CC)Cc1ccc(C(=O)N2CCN(Cc3cccnc3)CC2)cc1. The van der Waals surface area contributed by atoms with Crippen LogP contribution in [0.1, 0.15) is 35.3 Å². The molecular formula is C22H30N4O. The predicted octanol–water partition coefficient (Wildman–Crippen LogP) is 2.88. The molecule has 0 saturated carbocycles. The molecule has 1 aromatic heterocycles. The summed E-state index contributed by atoms with van der Waals surface area (Å²) >= 11 is 0. The maximum atomic E-state index is 12.8. The molecule has 3 rings (SSSR count). The van der Waals surface area contributed by atoms with Gasteiger partial charge in [-0.1, -0.05) is 32.0 Å². The van der Waals surface area contributed by atoms with E-state index in [0.29, 0.717) is 0 Å². The van der Waals surface area contributed by atoms with Crippen molar-refractivity contribution in [1.29, 1.82) is 0 Å². The molecule has 1 saturated heterocycles. The average molecular weight is 367 g/mol. The lowest BCUT2D eigenvalue weighted by molar-refractivity contribution is 0.0628. The van der Waals surface area contributed by atoms with Gasteiger partial charge in [-0.3, -0.25) is 19.6 Å². The lowest BCUT2D eigenvalue weighted by Crippen LogP contribution is -2.48. The highest BCUT2D eigenvalue weighted by atomic mass is 16.2. The van der Waals surface area contributed by atoms with E-state index in [9.17, 15) is 4.79 Å². The Balaban J connectivity index is 1.51. The molecular weight excluding hydrogens is 336 g/mol. The first-order valence-corrected chi connectivity index (χ1v) is 9.91. The molecule has 27 heavy (non-hydrogen) atoms. The summed E-state index contributed by atoms with van der Waals surface area (Å²) in [6.07, 6.45) is 3.71. The van der Waals surface area contributed by atoms with Crippen LogP contribution in [0.2, 0.25) is 0 Å². The van der Waals surface area contributed by atoms with E-state index in [1.165, 1.54) is 11.1 Å². The van der Waals surface area contributed by atoms with Crippen LogP contribution in [0, 0.1) is 0 Å². The second kappa shape index (κ2) is 9.62. The average Bonchev–Trinajstić information content (AvgIpc) is 2.73. The summed E-state index contributed by atoms with van der Waals surface area (Å²) in [5.74, 6) is 0.144. The van der Waals surface area contributed by atoms with Crippen LogP contribution in [0.5, 0.6) is 0 Å². The van der Waals surface area contributed by atoms with Crippen molar-refractivity contribution in [2.45, 2.75) is 26.9 Å². The minimum absolute atomic E-state index is 0.144. The topological polar surface area (TPSA) is 39.7 Å². The van der Waals surface area contributed by atoms with E-state index in [1.54, 1.807) is 6.20 Å². The van der Waals surface area contributed by atoms with Gasteiger partial charge in [0.1, 0.15) is 0 Å². The first-order chi connectivity index (χ1) is 13.2. The Kier molecular flexibility index (Phi) is 6.96. The fourth-order valence-corrected chi connectivity index (χ4v) is 3.50. The molecule has 0 radical (unpaired) electrons. The number of hydrogen-bond donors (Lipinski definition) is 0. The molecule has 1 aliphatic heterocycles. The second-order valence-electron chi connectivity index (χ2n) is 7.09. The Morgan fingerprint density at radius 1 is 1.00 bits per heavy atom. The molecule has 1 aromatic carbocycles. The summed E-state index contributed by atoms with van der Waals surface area (Å²) < 4.78 is 0. The molecule has 0 N–H and O–H groups in total. The largest absolute Gasteiger partial charge is 0.336 e. The van der Waals surface area contributed by atoms with Crippen molar-refractivity contribution in [2.75, 3.05) is 39.3 Å². The van der Waals surface area contributed by atoms with Crippen LogP contribution in [0.15, 0.2) is 48.8 Å². The Hall–Kier alpha value is -2.24. The number of aromatic nitrogens is 1. The highest BCUT2D eigenvalue weighted by molar-refractivity contribution is 5.94. The van der Waals surface area contributed by atoms with Gasteiger partial charge in [0.2, 0.25) is 0 Å². The molecule has 0 bridgehead atoms. The van der Waals surface area contributed by atoms with Crippen LogP contribution in [0.25, 0.3) is 0 Å². The summed E-state index contributed by atoms with van der Waals surface area (Å²) in [6, 6.07) is 12.2. The summed E-state index contributed by atoms with van der Waals surface area (Å²) in [6.45, 7) is 11.6. The lowest BCUT2D eigenvalue weighted by atomic mass is 10.1. The fraction of sp³-hybridized carbons (Fsp3) is 0.455. The van der Waals surface area contributed by atoms with Crippen LogP contribution >= 0.6 is 0 Å². The van der Waals surface area contributed by atoms with Crippen molar-refractivity contribution in [2.24, 2.45) is 0 Å². The van der Waals surface area contributed by atoms with Crippen LogP contribution in [0.3, 0.4) is 0 Å². The van der Waals surface area contributed by atoms with Gasteiger partial charge in [-0.05, 0) is 42.4 Å². The smallest absolute Gasteiger partial charge is 0.253 e. The Morgan fingerprint density at radius 3 is 2.30 bits per heavy atom. The van der Waals surface area contributed by atoms with Crippen molar-refractivity contribution in [3.63, 3.8) is 0 Å². The fourth-order valence-electron chi connectivity index (χ4n) is 3.50. The van der Waals surface area contributed by atoms with Crippen molar-refractivity contribution in [1.82, 2.24) is 19.7 Å². The first kappa shape index (κ1) is 19.5. The van der Waals surface area contributed by atoms with E-state index in [0.717, 1.165) is 57.9 Å². The maximum absolute atomic E-state index is 12.8. The summed E-state index contributed by atoms with van der Waals surface area (Å²) in [7, 11) is 0. The second-order valence-corrected chi connectivity index (χ2v) is 7.09. The molecule has 0 aliphatic carbocycles. The van der Waals surface area contributed by atoms with Crippen molar-refractivity contribution < 1.29 is 4.79 Å². The number of carbonyl (C=O) groups excluding carboxylic acids is 1. The van der Waals surface area contributed by atoms with Gasteiger partial charge in [-0.15, -0.1) is 0 Å². The minimum Gasteiger partial charge on any atom is -0.336 e. The zero-order valence-electron chi connectivity index (χ0n) is 16.5. The van der Waals surface area contributed by atoms with E-state index >= 15 is 0 Å². The molecule has 5 heteroatoms. The molecule has 0 atom stereocenters.